The Morgan fingerprint density at radius 3 is 1.54 bits per heavy atom. The molecule has 0 amide bonds. The molecule has 0 unspecified atom stereocenters. The van der Waals surface area contributed by atoms with E-state index >= 15 is 0 Å². The van der Waals surface area contributed by atoms with Crippen LogP contribution in [0.1, 0.15) is 36.6 Å². The molecule has 2 aromatic heterocycles. The molecule has 2 heterocycles. The number of aromatic amines is 2. The first-order valence-electron chi connectivity index (χ1n) is 10.6. The van der Waals surface area contributed by atoms with Crippen molar-refractivity contribution in [2.75, 3.05) is 0 Å². The van der Waals surface area contributed by atoms with Gasteiger partial charge in [0.15, 0.2) is 11.6 Å². The minimum atomic E-state index is -0.142. The van der Waals surface area contributed by atoms with Crippen LogP contribution in [-0.4, -0.2) is 42.2 Å². The monoisotopic (exact) mass is 757 g/mol. The molecule has 4 rings (SSSR count). The molecule has 0 saturated heterocycles. The summed E-state index contributed by atoms with van der Waals surface area (Å²) in [4.78, 5) is 0. The number of aromatic nitrogens is 6. The normalized spacial score (nSPS) is 10.9. The van der Waals surface area contributed by atoms with Crippen LogP contribution in [-0.2, 0) is 33.9 Å². The molecule has 0 spiro atoms. The molecule has 0 bridgehead atoms. The zero-order chi connectivity index (χ0) is 26.2. The van der Waals surface area contributed by atoms with E-state index in [0.29, 0.717) is 55.2 Å². The first-order chi connectivity index (χ1) is 17.2. The summed E-state index contributed by atoms with van der Waals surface area (Å²) >= 11 is 21.7. The smallest absolute Gasteiger partial charge is 0.872 e. The Labute approximate surface area is 246 Å². The van der Waals surface area contributed by atoms with E-state index in [1.165, 1.54) is 33.9 Å². The fourth-order valence-electron chi connectivity index (χ4n) is 2.82. The van der Waals surface area contributed by atoms with Gasteiger partial charge in [0.25, 0.3) is 0 Å². The molecule has 196 valence electrons. The predicted octanol–water partition coefficient (Wildman–Crippen LogP) is 4.22. The van der Waals surface area contributed by atoms with Crippen molar-refractivity contribution < 1.29 is 31.3 Å². The summed E-state index contributed by atoms with van der Waals surface area (Å²) in [5, 5.41) is 45.7. The van der Waals surface area contributed by atoms with E-state index in [9.17, 15) is 10.2 Å². The number of H-pyrrole nitrogens is 2. The van der Waals surface area contributed by atoms with Crippen molar-refractivity contribution in [3.63, 3.8) is 0 Å². The first kappa shape index (κ1) is 30.6. The number of rotatable bonds is 6. The summed E-state index contributed by atoms with van der Waals surface area (Å²) in [5.41, 5.74) is 0.820. The summed E-state index contributed by atoms with van der Waals surface area (Å²) in [6, 6.07) is 9.01. The van der Waals surface area contributed by atoms with Gasteiger partial charge in [-0.1, -0.05) is 60.7 Å². The zero-order valence-corrected chi connectivity index (χ0v) is 24.8. The number of hydrogen-bond donors (Lipinski definition) is 2. The molecule has 0 fully saturated rings. The predicted molar refractivity (Wildman–Crippen MR) is 141 cm³/mol. The SMILES string of the molecule is CCc1n[nH]c(=S)n1/N=C/c1cc(Cl)ccc1[O-].CCc1n[nH]c(=S)n1/N=C/c1cc(Cl)ccc1[O-].[Pt+2]. The van der Waals surface area contributed by atoms with Crippen molar-refractivity contribution in [3.05, 3.63) is 78.8 Å². The zero-order valence-electron chi connectivity index (χ0n) is 19.4. The topological polar surface area (TPSA) is 138 Å². The fraction of sp³-hybridized carbons (Fsp3) is 0.182. The van der Waals surface area contributed by atoms with Crippen LogP contribution in [0.3, 0.4) is 0 Å². The van der Waals surface area contributed by atoms with Gasteiger partial charge in [0, 0.05) is 22.9 Å². The second kappa shape index (κ2) is 14.3. The quantitative estimate of drug-likeness (QED) is 0.223. The molecule has 0 aliphatic rings. The standard InChI is InChI=1S/2C11H11ClN4OS.Pt/c2*1-2-10-14-15-11(18)16(10)13-6-7-5-8(12)3-4-9(7)17;/h2*3-6,17H,2H2,1H3,(H,15,18);/q;;+2/p-2/b2*13-6+;. The van der Waals surface area contributed by atoms with Crippen LogP contribution in [0.4, 0.5) is 0 Å². The van der Waals surface area contributed by atoms with Gasteiger partial charge < -0.3 is 10.2 Å². The summed E-state index contributed by atoms with van der Waals surface area (Å²) in [7, 11) is 0. The van der Waals surface area contributed by atoms with Crippen molar-refractivity contribution in [1.29, 1.82) is 0 Å². The molecule has 15 heteroatoms. The van der Waals surface area contributed by atoms with Crippen molar-refractivity contribution >= 4 is 60.1 Å². The van der Waals surface area contributed by atoms with Crippen LogP contribution >= 0.6 is 47.6 Å². The Morgan fingerprint density at radius 1 is 0.811 bits per heavy atom. The molecular weight excluding hydrogens is 738 g/mol. The minimum Gasteiger partial charge on any atom is -0.872 e. The molecule has 0 aliphatic heterocycles. The number of halogens is 2. The van der Waals surface area contributed by atoms with Crippen LogP contribution in [0.2, 0.25) is 10.0 Å². The maximum atomic E-state index is 11.6. The van der Waals surface area contributed by atoms with Crippen molar-refractivity contribution in [2.45, 2.75) is 26.7 Å². The van der Waals surface area contributed by atoms with E-state index in [0.717, 1.165) is 0 Å². The average molecular weight is 759 g/mol. The van der Waals surface area contributed by atoms with Gasteiger partial charge in [-0.25, -0.2) is 0 Å². The van der Waals surface area contributed by atoms with E-state index in [1.54, 1.807) is 24.3 Å². The first-order valence-corrected chi connectivity index (χ1v) is 12.1. The van der Waals surface area contributed by atoms with Gasteiger partial charge in [-0.15, -0.1) is 0 Å². The van der Waals surface area contributed by atoms with Gasteiger partial charge in [0.1, 0.15) is 0 Å². The van der Waals surface area contributed by atoms with Gasteiger partial charge in [-0.05, 0) is 59.8 Å². The summed E-state index contributed by atoms with van der Waals surface area (Å²) in [5.74, 6) is 1.11. The summed E-state index contributed by atoms with van der Waals surface area (Å²) < 4.78 is 3.74. The average Bonchev–Trinajstić information content (AvgIpc) is 3.41. The Bertz CT molecular complexity index is 1410. The van der Waals surface area contributed by atoms with Crippen molar-refractivity contribution in [1.82, 2.24) is 29.7 Å². The molecule has 4 aromatic rings. The van der Waals surface area contributed by atoms with Crippen LogP contribution < -0.4 is 10.2 Å². The van der Waals surface area contributed by atoms with E-state index in [2.05, 4.69) is 30.6 Å². The van der Waals surface area contributed by atoms with E-state index < -0.39 is 0 Å². The summed E-state index contributed by atoms with van der Waals surface area (Å²) in [6.07, 6.45) is 4.23. The molecule has 0 aliphatic carbocycles. The van der Waals surface area contributed by atoms with Crippen molar-refractivity contribution in [2.24, 2.45) is 10.2 Å². The second-order valence-corrected chi connectivity index (χ2v) is 8.72. The van der Waals surface area contributed by atoms with Crippen LogP contribution in [0.5, 0.6) is 11.5 Å². The Morgan fingerprint density at radius 2 is 1.19 bits per heavy atom. The fourth-order valence-corrected chi connectivity index (χ4v) is 3.58. The van der Waals surface area contributed by atoms with Gasteiger partial charge in [-0.2, -0.15) is 29.8 Å². The Kier molecular flexibility index (Phi) is 11.9. The molecule has 0 radical (unpaired) electrons. The molecule has 37 heavy (non-hydrogen) atoms. The number of nitrogens with zero attached hydrogens (tertiary/aromatic N) is 6. The van der Waals surface area contributed by atoms with Gasteiger partial charge in [0.2, 0.25) is 9.54 Å². The molecule has 2 N–H and O–H groups in total. The number of aryl methyl sites for hydroxylation is 2. The van der Waals surface area contributed by atoms with Crippen LogP contribution in [0.25, 0.3) is 0 Å². The third-order valence-corrected chi connectivity index (χ3v) is 5.63. The molecule has 0 saturated carbocycles. The van der Waals surface area contributed by atoms with E-state index in [4.69, 9.17) is 47.6 Å². The number of nitrogens with one attached hydrogen (secondary N) is 2. The molecule has 2 aromatic carbocycles. The number of hydrogen-bond acceptors (Lipinski definition) is 8. The third-order valence-electron chi connectivity index (χ3n) is 4.64. The second-order valence-electron chi connectivity index (χ2n) is 7.07. The minimum absolute atomic E-state index is 0. The largest absolute Gasteiger partial charge is 2.00 e. The summed E-state index contributed by atoms with van der Waals surface area (Å²) in [6.45, 7) is 3.88. The van der Waals surface area contributed by atoms with Crippen LogP contribution in [0, 0.1) is 9.54 Å². The maximum Gasteiger partial charge on any atom is 2.00 e. The van der Waals surface area contributed by atoms with E-state index in [1.807, 2.05) is 13.8 Å². The maximum absolute atomic E-state index is 11.6. The molecule has 10 nitrogen and oxygen atoms in total. The molecular formula is C22H20Cl2N8O2PtS2. The van der Waals surface area contributed by atoms with Gasteiger partial charge >= 0.3 is 21.1 Å². The third kappa shape index (κ3) is 8.18. The Hall–Kier alpha value is -2.63. The van der Waals surface area contributed by atoms with E-state index in [-0.39, 0.29) is 32.6 Å². The Balaban J connectivity index is 0.000000253. The van der Waals surface area contributed by atoms with Gasteiger partial charge in [0.05, 0.1) is 12.4 Å². The van der Waals surface area contributed by atoms with Gasteiger partial charge in [-0.3, -0.25) is 10.2 Å². The number of benzene rings is 2. The van der Waals surface area contributed by atoms with Crippen LogP contribution in [0.15, 0.2) is 46.6 Å². The van der Waals surface area contributed by atoms with Crippen molar-refractivity contribution in [3.8, 4) is 11.5 Å². The molecule has 0 atom stereocenters.